The Balaban J connectivity index is 1.18. The molecule has 0 unspecified atom stereocenters. The number of halogens is 2. The maximum absolute atomic E-state index is 14.5. The first-order valence-corrected chi connectivity index (χ1v) is 14.9. The highest BCUT2D eigenvalue weighted by molar-refractivity contribution is 7.99. The first kappa shape index (κ1) is 28.9. The molecule has 2 N–H and O–H groups in total. The first-order chi connectivity index (χ1) is 20.1. The fraction of sp³-hybridized carbons (Fsp3) is 0.400. The molecule has 2 aliphatic rings. The van der Waals surface area contributed by atoms with Gasteiger partial charge in [0.05, 0.1) is 60.5 Å². The molecule has 4 heterocycles. The largest absolute Gasteiger partial charge is 0.497 e. The van der Waals surface area contributed by atoms with Crippen LogP contribution in [0.1, 0.15) is 32.3 Å². The van der Waals surface area contributed by atoms with Gasteiger partial charge in [-0.25, -0.2) is 19.3 Å². The van der Waals surface area contributed by atoms with Gasteiger partial charge in [0.1, 0.15) is 22.4 Å². The molecular formula is C30H32ClFN6O3S. The number of piperidine rings is 1. The zero-order valence-corrected chi connectivity index (χ0v) is 25.2. The number of methoxy groups -OCH3 is 1. The van der Waals surface area contributed by atoms with E-state index in [1.807, 2.05) is 6.07 Å². The summed E-state index contributed by atoms with van der Waals surface area (Å²) in [7, 11) is 1.47. The molecule has 9 nitrogen and oxygen atoms in total. The van der Waals surface area contributed by atoms with Crippen LogP contribution in [0.2, 0.25) is 5.02 Å². The second kappa shape index (κ2) is 11.1. The van der Waals surface area contributed by atoms with Gasteiger partial charge in [0.15, 0.2) is 0 Å². The Morgan fingerprint density at radius 2 is 1.95 bits per heavy atom. The minimum atomic E-state index is -0.470. The Hall–Kier alpha value is -3.25. The SMILES string of the molecule is COc1ccc(Cn2cnc3ccc(Sc4cnc(N5CCC6(CC5)COC(C)(C)[C@H]6N)cn4)c(Cl)c3c2=O)c(F)c1. The number of aromatic nitrogens is 4. The van der Waals surface area contributed by atoms with Crippen molar-refractivity contribution in [3.8, 4) is 5.75 Å². The molecule has 6 rings (SSSR count). The lowest BCUT2D eigenvalue weighted by Gasteiger charge is -2.42. The number of ether oxygens (including phenoxy) is 2. The number of hydrogen-bond acceptors (Lipinski definition) is 9. The summed E-state index contributed by atoms with van der Waals surface area (Å²) in [6.45, 7) is 6.51. The van der Waals surface area contributed by atoms with Crippen LogP contribution < -0.4 is 20.9 Å². The smallest absolute Gasteiger partial charge is 0.263 e. The molecule has 42 heavy (non-hydrogen) atoms. The molecule has 0 bridgehead atoms. The van der Waals surface area contributed by atoms with E-state index >= 15 is 0 Å². The summed E-state index contributed by atoms with van der Waals surface area (Å²) in [6, 6.07) is 8.07. The quantitative estimate of drug-likeness (QED) is 0.326. The van der Waals surface area contributed by atoms with Crippen molar-refractivity contribution in [3.05, 3.63) is 75.8 Å². The van der Waals surface area contributed by atoms with Gasteiger partial charge in [0.25, 0.3) is 5.56 Å². The third-order valence-corrected chi connectivity index (χ3v) is 10.0. The van der Waals surface area contributed by atoms with Crippen LogP contribution in [-0.4, -0.2) is 58.0 Å². The first-order valence-electron chi connectivity index (χ1n) is 13.7. The molecular weight excluding hydrogens is 579 g/mol. The Kier molecular flexibility index (Phi) is 7.63. The Morgan fingerprint density at radius 1 is 1.17 bits per heavy atom. The number of benzene rings is 2. The Labute approximate surface area is 252 Å². The summed E-state index contributed by atoms with van der Waals surface area (Å²) in [5.41, 5.74) is 6.73. The molecule has 0 radical (unpaired) electrons. The maximum atomic E-state index is 14.5. The van der Waals surface area contributed by atoms with Gasteiger partial charge in [-0.15, -0.1) is 0 Å². The number of rotatable bonds is 6. The highest BCUT2D eigenvalue weighted by atomic mass is 35.5. The van der Waals surface area contributed by atoms with Crippen LogP contribution in [0.5, 0.6) is 5.75 Å². The van der Waals surface area contributed by atoms with E-state index in [0.29, 0.717) is 33.4 Å². The van der Waals surface area contributed by atoms with Gasteiger partial charge in [-0.1, -0.05) is 29.4 Å². The van der Waals surface area contributed by atoms with Crippen molar-refractivity contribution in [2.45, 2.75) is 54.8 Å². The summed E-state index contributed by atoms with van der Waals surface area (Å²) < 4.78 is 27.0. The van der Waals surface area contributed by atoms with E-state index in [4.69, 9.17) is 26.8 Å². The van der Waals surface area contributed by atoms with Crippen LogP contribution in [0.15, 0.2) is 63.8 Å². The number of nitrogens with two attached hydrogens (primary N) is 1. The molecule has 4 aromatic rings. The van der Waals surface area contributed by atoms with Gasteiger partial charge >= 0.3 is 0 Å². The van der Waals surface area contributed by atoms with Gasteiger partial charge in [0.2, 0.25) is 0 Å². The average molecular weight is 611 g/mol. The summed E-state index contributed by atoms with van der Waals surface area (Å²) in [6.07, 6.45) is 6.77. The molecule has 0 amide bonds. The lowest BCUT2D eigenvalue weighted by Crippen LogP contribution is -2.53. The van der Waals surface area contributed by atoms with Crippen LogP contribution in [0.3, 0.4) is 0 Å². The number of hydrogen-bond donors (Lipinski definition) is 1. The summed E-state index contributed by atoms with van der Waals surface area (Å²) >= 11 is 8.06. The van der Waals surface area contributed by atoms with E-state index in [1.54, 1.807) is 30.6 Å². The lowest BCUT2D eigenvalue weighted by molar-refractivity contribution is 0.0248. The zero-order chi connectivity index (χ0) is 29.6. The molecule has 2 aromatic carbocycles. The van der Waals surface area contributed by atoms with Gasteiger partial charge < -0.3 is 20.1 Å². The highest BCUT2D eigenvalue weighted by Crippen LogP contribution is 2.46. The molecule has 2 aliphatic heterocycles. The molecule has 2 fully saturated rings. The maximum Gasteiger partial charge on any atom is 0.263 e. The predicted octanol–water partition coefficient (Wildman–Crippen LogP) is 4.91. The second-order valence-corrected chi connectivity index (χ2v) is 12.9. The van der Waals surface area contributed by atoms with Gasteiger partial charge in [-0.3, -0.25) is 9.36 Å². The van der Waals surface area contributed by atoms with E-state index in [2.05, 4.69) is 33.7 Å². The Bertz CT molecular complexity index is 1690. The van der Waals surface area contributed by atoms with E-state index < -0.39 is 5.82 Å². The molecule has 1 atom stereocenters. The third kappa shape index (κ3) is 5.23. The monoisotopic (exact) mass is 610 g/mol. The van der Waals surface area contributed by atoms with Crippen LogP contribution in [0, 0.1) is 11.2 Å². The summed E-state index contributed by atoms with van der Waals surface area (Å²) in [5.74, 6) is 0.741. The fourth-order valence-electron chi connectivity index (χ4n) is 5.87. The summed E-state index contributed by atoms with van der Waals surface area (Å²) in [5, 5.41) is 1.18. The van der Waals surface area contributed by atoms with Crippen molar-refractivity contribution in [3.63, 3.8) is 0 Å². The van der Waals surface area contributed by atoms with Gasteiger partial charge in [-0.2, -0.15) is 0 Å². The van der Waals surface area contributed by atoms with E-state index in [9.17, 15) is 9.18 Å². The van der Waals surface area contributed by atoms with Crippen molar-refractivity contribution in [2.75, 3.05) is 31.7 Å². The van der Waals surface area contributed by atoms with E-state index in [-0.39, 0.29) is 39.6 Å². The minimum absolute atomic E-state index is 0.00615. The number of fused-ring (bicyclic) bond motifs is 1. The van der Waals surface area contributed by atoms with Crippen LogP contribution in [0.4, 0.5) is 10.2 Å². The standard InChI is InChI=1S/C30H32ClFN6O3S/c1-29(2)28(33)30(16-41-29)8-10-37(11-9-30)23-13-35-24(14-34-23)42-22-7-6-21-25(26(22)31)27(39)38(17-36-21)15-18-4-5-19(40-3)12-20(18)32/h4-7,12-14,17,28H,8-11,15-16,33H2,1-3H3/t28-/m1/s1. The normalized spacial score (nSPS) is 19.5. The number of anilines is 1. The Morgan fingerprint density at radius 3 is 2.60 bits per heavy atom. The van der Waals surface area contributed by atoms with Crippen LogP contribution in [-0.2, 0) is 11.3 Å². The molecule has 0 aliphatic carbocycles. The minimum Gasteiger partial charge on any atom is -0.497 e. The lowest BCUT2D eigenvalue weighted by atomic mass is 9.71. The summed E-state index contributed by atoms with van der Waals surface area (Å²) in [4.78, 5) is 29.9. The molecule has 1 spiro atoms. The third-order valence-electron chi connectivity index (χ3n) is 8.55. The van der Waals surface area contributed by atoms with Crippen LogP contribution in [0.25, 0.3) is 10.9 Å². The van der Waals surface area contributed by atoms with Crippen LogP contribution >= 0.6 is 23.4 Å². The predicted molar refractivity (Wildman–Crippen MR) is 161 cm³/mol. The highest BCUT2D eigenvalue weighted by Gasteiger charge is 2.52. The van der Waals surface area contributed by atoms with E-state index in [1.165, 1.54) is 35.8 Å². The molecule has 12 heteroatoms. The number of nitrogens with zero attached hydrogens (tertiary/aromatic N) is 5. The molecule has 220 valence electrons. The van der Waals surface area contributed by atoms with Gasteiger partial charge in [-0.05, 0) is 44.9 Å². The van der Waals surface area contributed by atoms with Crippen molar-refractivity contribution in [1.29, 1.82) is 0 Å². The average Bonchev–Trinajstić information content (AvgIpc) is 3.21. The molecule has 2 saturated heterocycles. The fourth-order valence-corrected chi connectivity index (χ4v) is 6.99. The van der Waals surface area contributed by atoms with Crippen molar-refractivity contribution in [2.24, 2.45) is 11.1 Å². The van der Waals surface area contributed by atoms with Crippen molar-refractivity contribution in [1.82, 2.24) is 19.5 Å². The topological polar surface area (TPSA) is 108 Å². The van der Waals surface area contributed by atoms with Crippen molar-refractivity contribution < 1.29 is 13.9 Å². The molecule has 0 saturated carbocycles. The second-order valence-electron chi connectivity index (χ2n) is 11.4. The van der Waals surface area contributed by atoms with Crippen molar-refractivity contribution >= 4 is 40.1 Å². The zero-order valence-electron chi connectivity index (χ0n) is 23.6. The van der Waals surface area contributed by atoms with E-state index in [0.717, 1.165) is 31.7 Å². The molecule has 2 aromatic heterocycles. The van der Waals surface area contributed by atoms with Gasteiger partial charge in [0, 0.05) is 41.1 Å².